The van der Waals surface area contributed by atoms with E-state index >= 15 is 0 Å². The van der Waals surface area contributed by atoms with Gasteiger partial charge in [-0.1, -0.05) is 6.07 Å². The summed E-state index contributed by atoms with van der Waals surface area (Å²) in [5, 5.41) is 0. The van der Waals surface area contributed by atoms with Crippen molar-refractivity contribution in [1.29, 1.82) is 0 Å². The van der Waals surface area contributed by atoms with Gasteiger partial charge in [-0.2, -0.15) is 13.2 Å². The number of halogens is 3. The first kappa shape index (κ1) is 19.9. The van der Waals surface area contributed by atoms with E-state index in [0.717, 1.165) is 37.3 Å². The van der Waals surface area contributed by atoms with Gasteiger partial charge in [-0.3, -0.25) is 4.90 Å². The van der Waals surface area contributed by atoms with Crippen LogP contribution in [0.1, 0.15) is 23.4 Å². The van der Waals surface area contributed by atoms with E-state index in [1.165, 1.54) is 6.07 Å². The lowest BCUT2D eigenvalue weighted by molar-refractivity contribution is -0.137. The first-order valence-electron chi connectivity index (χ1n) is 8.83. The van der Waals surface area contributed by atoms with Crippen LogP contribution in [0.2, 0.25) is 0 Å². The Morgan fingerprint density at radius 3 is 2.89 bits per heavy atom. The smallest absolute Gasteiger partial charge is 0.416 e. The van der Waals surface area contributed by atoms with Crippen LogP contribution in [0.25, 0.3) is 11.5 Å². The molecule has 0 spiro atoms. The van der Waals surface area contributed by atoms with Crippen molar-refractivity contribution in [1.82, 2.24) is 9.88 Å². The minimum Gasteiger partial charge on any atom is -0.441 e. The standard InChI is InChI=1S/C19H23F3N2O3/c1-13-17(12-24-7-9-26-16(11-24)6-8-25-2)23-18(27-13)14-4-3-5-15(10-14)19(20,21)22/h3-5,10,16H,6-9,11-12H2,1-2H3/t16-/m1/s1. The Bertz CT molecular complexity index is 761. The molecule has 148 valence electrons. The van der Waals surface area contributed by atoms with Crippen LogP contribution in [-0.4, -0.2) is 49.4 Å². The van der Waals surface area contributed by atoms with Crippen LogP contribution in [0.5, 0.6) is 0 Å². The zero-order chi connectivity index (χ0) is 19.4. The van der Waals surface area contributed by atoms with E-state index in [9.17, 15) is 13.2 Å². The van der Waals surface area contributed by atoms with Gasteiger partial charge in [-0.15, -0.1) is 0 Å². The van der Waals surface area contributed by atoms with Crippen LogP contribution in [-0.2, 0) is 22.2 Å². The van der Waals surface area contributed by atoms with E-state index in [4.69, 9.17) is 13.9 Å². The molecule has 1 atom stereocenters. The van der Waals surface area contributed by atoms with Crippen LogP contribution in [0.15, 0.2) is 28.7 Å². The Labute approximate surface area is 156 Å². The predicted octanol–water partition coefficient (Wildman–Crippen LogP) is 3.91. The molecule has 0 aliphatic carbocycles. The Morgan fingerprint density at radius 2 is 2.15 bits per heavy atom. The average Bonchev–Trinajstić information content (AvgIpc) is 3.00. The fourth-order valence-electron chi connectivity index (χ4n) is 3.09. The second-order valence-electron chi connectivity index (χ2n) is 6.61. The van der Waals surface area contributed by atoms with Gasteiger partial charge >= 0.3 is 6.18 Å². The maximum atomic E-state index is 12.9. The zero-order valence-corrected chi connectivity index (χ0v) is 15.4. The second-order valence-corrected chi connectivity index (χ2v) is 6.61. The number of rotatable bonds is 6. The fraction of sp³-hybridized carbons (Fsp3) is 0.526. The van der Waals surface area contributed by atoms with Gasteiger partial charge in [0.15, 0.2) is 0 Å². The number of ether oxygens (including phenoxy) is 2. The third kappa shape index (κ3) is 5.09. The molecule has 3 rings (SSSR count). The lowest BCUT2D eigenvalue weighted by atomic mass is 10.1. The Kier molecular flexibility index (Phi) is 6.18. The third-order valence-electron chi connectivity index (χ3n) is 4.57. The van der Waals surface area contributed by atoms with E-state index in [1.807, 2.05) is 0 Å². The lowest BCUT2D eigenvalue weighted by Gasteiger charge is -2.32. The van der Waals surface area contributed by atoms with E-state index in [-0.39, 0.29) is 12.0 Å². The predicted molar refractivity (Wildman–Crippen MR) is 93.2 cm³/mol. The van der Waals surface area contributed by atoms with Gasteiger partial charge in [0, 0.05) is 38.9 Å². The lowest BCUT2D eigenvalue weighted by Crippen LogP contribution is -2.42. The molecular formula is C19H23F3N2O3. The number of methoxy groups -OCH3 is 1. The molecule has 1 aromatic heterocycles. The summed E-state index contributed by atoms with van der Waals surface area (Å²) in [5.74, 6) is 0.820. The Hall–Kier alpha value is -1.90. The molecule has 0 bridgehead atoms. The number of hydrogen-bond donors (Lipinski definition) is 0. The molecule has 1 aliphatic heterocycles. The molecule has 5 nitrogen and oxygen atoms in total. The summed E-state index contributed by atoms with van der Waals surface area (Å²) < 4.78 is 55.2. The fourth-order valence-corrected chi connectivity index (χ4v) is 3.09. The monoisotopic (exact) mass is 384 g/mol. The quantitative estimate of drug-likeness (QED) is 0.756. The van der Waals surface area contributed by atoms with Gasteiger partial charge < -0.3 is 13.9 Å². The molecule has 0 N–H and O–H groups in total. The number of morpholine rings is 1. The van der Waals surface area contributed by atoms with Gasteiger partial charge in [0.25, 0.3) is 0 Å². The highest BCUT2D eigenvalue weighted by atomic mass is 19.4. The normalized spacial score (nSPS) is 18.8. The number of aryl methyl sites for hydroxylation is 1. The Morgan fingerprint density at radius 1 is 1.33 bits per heavy atom. The maximum Gasteiger partial charge on any atom is 0.416 e. The van der Waals surface area contributed by atoms with Gasteiger partial charge in [-0.25, -0.2) is 4.98 Å². The number of benzene rings is 1. The molecule has 0 radical (unpaired) electrons. The zero-order valence-electron chi connectivity index (χ0n) is 15.4. The molecule has 1 aliphatic rings. The van der Waals surface area contributed by atoms with E-state index in [0.29, 0.717) is 31.1 Å². The maximum absolute atomic E-state index is 12.9. The number of nitrogens with zero attached hydrogens (tertiary/aromatic N) is 2. The topological polar surface area (TPSA) is 47.7 Å². The number of oxazole rings is 1. The van der Waals surface area contributed by atoms with Crippen molar-refractivity contribution in [2.75, 3.05) is 33.4 Å². The van der Waals surface area contributed by atoms with Crippen LogP contribution < -0.4 is 0 Å². The first-order valence-corrected chi connectivity index (χ1v) is 8.83. The molecule has 0 amide bonds. The summed E-state index contributed by atoms with van der Waals surface area (Å²) >= 11 is 0. The van der Waals surface area contributed by atoms with Crippen LogP contribution >= 0.6 is 0 Å². The van der Waals surface area contributed by atoms with Gasteiger partial charge in [0.1, 0.15) is 5.76 Å². The van der Waals surface area contributed by atoms with Gasteiger partial charge in [-0.05, 0) is 31.5 Å². The summed E-state index contributed by atoms with van der Waals surface area (Å²) in [4.78, 5) is 6.66. The highest BCUT2D eigenvalue weighted by Crippen LogP contribution is 2.32. The molecule has 0 unspecified atom stereocenters. The van der Waals surface area contributed by atoms with Crippen LogP contribution in [0.3, 0.4) is 0 Å². The molecule has 0 saturated carbocycles. The van der Waals surface area contributed by atoms with Crippen molar-refractivity contribution in [2.45, 2.75) is 32.2 Å². The summed E-state index contributed by atoms with van der Waals surface area (Å²) in [7, 11) is 1.66. The molecule has 1 fully saturated rings. The molecular weight excluding hydrogens is 361 g/mol. The van der Waals surface area contributed by atoms with Crippen molar-refractivity contribution in [3.05, 3.63) is 41.3 Å². The van der Waals surface area contributed by atoms with E-state index < -0.39 is 11.7 Å². The summed E-state index contributed by atoms with van der Waals surface area (Å²) in [5.41, 5.74) is 0.334. The summed E-state index contributed by atoms with van der Waals surface area (Å²) in [6, 6.07) is 5.03. The van der Waals surface area contributed by atoms with Crippen LogP contribution in [0.4, 0.5) is 13.2 Å². The van der Waals surface area contributed by atoms with Gasteiger partial charge in [0.05, 0.1) is 24.0 Å². The highest BCUT2D eigenvalue weighted by Gasteiger charge is 2.31. The largest absolute Gasteiger partial charge is 0.441 e. The number of aromatic nitrogens is 1. The molecule has 27 heavy (non-hydrogen) atoms. The van der Waals surface area contributed by atoms with Crippen molar-refractivity contribution < 1.29 is 27.1 Å². The van der Waals surface area contributed by atoms with Crippen LogP contribution in [0, 0.1) is 6.92 Å². The highest BCUT2D eigenvalue weighted by molar-refractivity contribution is 5.55. The summed E-state index contributed by atoms with van der Waals surface area (Å²) in [6.45, 7) is 5.15. The number of alkyl halides is 3. The molecule has 1 saturated heterocycles. The molecule has 2 heterocycles. The minimum absolute atomic E-state index is 0.105. The Balaban J connectivity index is 1.71. The summed E-state index contributed by atoms with van der Waals surface area (Å²) in [6.07, 6.45) is -3.47. The SMILES string of the molecule is COCC[C@@H]1CN(Cc2nc(-c3cccc(C(F)(F)F)c3)oc2C)CCO1. The van der Waals surface area contributed by atoms with Gasteiger partial charge in [0.2, 0.25) is 5.89 Å². The molecule has 8 heteroatoms. The van der Waals surface area contributed by atoms with Crippen molar-refractivity contribution in [2.24, 2.45) is 0 Å². The second kappa shape index (κ2) is 8.41. The molecule has 2 aromatic rings. The van der Waals surface area contributed by atoms with Crippen molar-refractivity contribution in [3.63, 3.8) is 0 Å². The average molecular weight is 384 g/mol. The number of hydrogen-bond acceptors (Lipinski definition) is 5. The van der Waals surface area contributed by atoms with Crippen molar-refractivity contribution in [3.8, 4) is 11.5 Å². The van der Waals surface area contributed by atoms with E-state index in [1.54, 1.807) is 20.1 Å². The minimum atomic E-state index is -4.40. The molecule has 1 aromatic carbocycles. The van der Waals surface area contributed by atoms with E-state index in [2.05, 4.69) is 9.88 Å². The van der Waals surface area contributed by atoms with Crippen molar-refractivity contribution >= 4 is 0 Å². The third-order valence-corrected chi connectivity index (χ3v) is 4.57. The first-order chi connectivity index (χ1) is 12.9.